The lowest BCUT2D eigenvalue weighted by molar-refractivity contribution is 0.616. The number of hydrogen-bond donors (Lipinski definition) is 0. The third-order valence-corrected chi connectivity index (χ3v) is 16.1. The molecular weight excluding hydrogens is 832 g/mol. The fourth-order valence-electron chi connectivity index (χ4n) is 11.1. The van der Waals surface area contributed by atoms with E-state index in [1.54, 1.807) is 0 Å². The topological polar surface area (TPSA) is 32.8 Å². The molecule has 0 atom stereocenters. The Hall–Kier alpha value is -7.84. The van der Waals surface area contributed by atoms with Crippen molar-refractivity contribution in [1.82, 2.24) is 0 Å². The normalized spacial score (nSPS) is 13.1. The third kappa shape index (κ3) is 4.97. The molecule has 4 aromatic heterocycles. The van der Waals surface area contributed by atoms with Crippen molar-refractivity contribution in [3.8, 4) is 22.3 Å². The van der Waals surface area contributed by atoms with Gasteiger partial charge in [0.25, 0.3) is 6.71 Å². The number of hydrogen-bond acceptors (Lipinski definition) is 6. The van der Waals surface area contributed by atoms with Gasteiger partial charge in [0.15, 0.2) is 0 Å². The first-order chi connectivity index (χ1) is 32.2. The summed E-state index contributed by atoms with van der Waals surface area (Å²) in [5.41, 5.74) is 16.7. The Morgan fingerprint density at radius 3 is 1.31 bits per heavy atom. The van der Waals surface area contributed by atoms with Gasteiger partial charge in [0.2, 0.25) is 0 Å². The Balaban J connectivity index is 1.11. The molecule has 0 fully saturated rings. The largest absolute Gasteiger partial charge is 0.464 e. The van der Waals surface area contributed by atoms with Crippen molar-refractivity contribution in [1.29, 1.82) is 0 Å². The summed E-state index contributed by atoms with van der Waals surface area (Å²) in [5.74, 6) is 0. The highest BCUT2D eigenvalue weighted by atomic mass is 32.1. The number of rotatable bonds is 4. The Labute approximate surface area is 381 Å². The van der Waals surface area contributed by atoms with Gasteiger partial charge in [-0.15, -0.1) is 22.7 Å². The van der Waals surface area contributed by atoms with Crippen LogP contribution in [0, 0.1) is 0 Å². The van der Waals surface area contributed by atoms with Crippen LogP contribution in [0.5, 0.6) is 0 Å². The summed E-state index contributed by atoms with van der Waals surface area (Å²) in [6.45, 7) is -0.0788. The zero-order valence-electron chi connectivity index (χ0n) is 34.7. The minimum atomic E-state index is -0.0788. The highest BCUT2D eigenvalue weighted by Crippen LogP contribution is 2.52. The standard InChI is InChI=1S/C58H33BN2O2S2/c1-3-12-34(13-4-1)54-44(24-22-36-26-28-62-57(36)54)60-46-18-11-19-47-56(46)59(42-30-40-38-16-7-9-20-50(38)64-52(40)32-48(42)60)43-31-41-39-17-8-10-21-51(39)65-53(41)33-49(43)61(47)45-25-23-37-27-29-63-58(37)55(45)35-14-5-2-6-15-35/h1-33H. The van der Waals surface area contributed by atoms with Gasteiger partial charge in [-0.1, -0.05) is 115 Å². The molecule has 9 aromatic carbocycles. The number of nitrogens with zero attached hydrogens (tertiary/aromatic N) is 2. The van der Waals surface area contributed by atoms with Crippen LogP contribution in [0.4, 0.5) is 34.1 Å². The number of benzene rings is 9. The molecule has 7 heteroatoms. The van der Waals surface area contributed by atoms with Crippen LogP contribution in [0.2, 0.25) is 0 Å². The van der Waals surface area contributed by atoms with Crippen LogP contribution in [0.3, 0.4) is 0 Å². The van der Waals surface area contributed by atoms with Crippen LogP contribution in [0.25, 0.3) is 84.5 Å². The maximum atomic E-state index is 6.43. The zero-order valence-corrected chi connectivity index (χ0v) is 36.3. The molecule has 0 saturated carbocycles. The predicted octanol–water partition coefficient (Wildman–Crippen LogP) is 15.3. The van der Waals surface area contributed by atoms with Gasteiger partial charge in [-0.05, 0) is 111 Å². The molecule has 0 amide bonds. The van der Waals surface area contributed by atoms with E-state index in [0.29, 0.717) is 0 Å². The summed E-state index contributed by atoms with van der Waals surface area (Å²) in [5, 5.41) is 7.31. The molecule has 0 bridgehead atoms. The number of thiophene rings is 2. The summed E-state index contributed by atoms with van der Waals surface area (Å²) in [6, 6.07) is 69.3. The van der Waals surface area contributed by atoms with Crippen LogP contribution >= 0.6 is 22.7 Å². The Kier molecular flexibility index (Phi) is 7.31. The first-order valence-electron chi connectivity index (χ1n) is 22.0. The maximum absolute atomic E-state index is 6.43. The van der Waals surface area contributed by atoms with E-state index >= 15 is 0 Å². The lowest BCUT2D eigenvalue weighted by Gasteiger charge is -2.44. The fraction of sp³-hybridized carbons (Fsp3) is 0. The van der Waals surface area contributed by atoms with Crippen molar-refractivity contribution in [3.05, 3.63) is 201 Å². The van der Waals surface area contributed by atoms with Crippen molar-refractivity contribution >= 4 is 142 Å². The molecule has 302 valence electrons. The Bertz CT molecular complexity index is 3850. The van der Waals surface area contributed by atoms with E-state index in [4.69, 9.17) is 8.83 Å². The molecule has 65 heavy (non-hydrogen) atoms. The van der Waals surface area contributed by atoms with Crippen LogP contribution in [-0.4, -0.2) is 6.71 Å². The quantitative estimate of drug-likeness (QED) is 0.165. The number of fused-ring (bicyclic) bond motifs is 12. The van der Waals surface area contributed by atoms with Crippen LogP contribution in [-0.2, 0) is 0 Å². The smallest absolute Gasteiger partial charge is 0.252 e. The second-order valence-electron chi connectivity index (χ2n) is 17.2. The van der Waals surface area contributed by atoms with E-state index in [9.17, 15) is 0 Å². The zero-order chi connectivity index (χ0) is 42.3. The average Bonchev–Trinajstić information content (AvgIpc) is 4.18. The van der Waals surface area contributed by atoms with Gasteiger partial charge in [-0.3, -0.25) is 0 Å². The molecule has 6 heterocycles. The van der Waals surface area contributed by atoms with Crippen LogP contribution in [0.1, 0.15) is 0 Å². The minimum Gasteiger partial charge on any atom is -0.464 e. The molecule has 15 rings (SSSR count). The minimum absolute atomic E-state index is 0.0788. The molecule has 2 aliphatic heterocycles. The Morgan fingerprint density at radius 1 is 0.354 bits per heavy atom. The first kappa shape index (κ1) is 35.6. The van der Waals surface area contributed by atoms with Crippen molar-refractivity contribution in [2.45, 2.75) is 0 Å². The fourth-order valence-corrected chi connectivity index (χ4v) is 13.3. The van der Waals surface area contributed by atoms with E-state index < -0.39 is 0 Å². The third-order valence-electron chi connectivity index (χ3n) is 13.8. The van der Waals surface area contributed by atoms with Gasteiger partial charge in [0.05, 0.1) is 23.9 Å². The first-order valence-corrected chi connectivity index (χ1v) is 23.6. The van der Waals surface area contributed by atoms with E-state index in [1.807, 2.05) is 35.2 Å². The van der Waals surface area contributed by atoms with Gasteiger partial charge in [0, 0.05) is 74.2 Å². The average molecular weight is 865 g/mol. The molecule has 0 radical (unpaired) electrons. The molecular formula is C58H33BN2O2S2. The van der Waals surface area contributed by atoms with Crippen molar-refractivity contribution in [2.75, 3.05) is 9.80 Å². The monoisotopic (exact) mass is 864 g/mol. The molecule has 0 aliphatic carbocycles. The lowest BCUT2D eigenvalue weighted by Crippen LogP contribution is -2.61. The molecule has 2 aliphatic rings. The van der Waals surface area contributed by atoms with Crippen molar-refractivity contribution in [2.24, 2.45) is 0 Å². The summed E-state index contributed by atoms with van der Waals surface area (Å²) in [4.78, 5) is 5.07. The van der Waals surface area contributed by atoms with E-state index in [1.165, 1.54) is 68.1 Å². The summed E-state index contributed by atoms with van der Waals surface area (Å²) >= 11 is 3.74. The summed E-state index contributed by atoms with van der Waals surface area (Å²) < 4.78 is 18.0. The van der Waals surface area contributed by atoms with Gasteiger partial charge in [-0.2, -0.15) is 0 Å². The van der Waals surface area contributed by atoms with Gasteiger partial charge in [-0.25, -0.2) is 0 Å². The van der Waals surface area contributed by atoms with Crippen LogP contribution < -0.4 is 26.2 Å². The van der Waals surface area contributed by atoms with Gasteiger partial charge in [0.1, 0.15) is 11.2 Å². The molecule has 0 unspecified atom stereocenters. The lowest BCUT2D eigenvalue weighted by atomic mass is 9.33. The van der Waals surface area contributed by atoms with Crippen molar-refractivity contribution in [3.63, 3.8) is 0 Å². The second-order valence-corrected chi connectivity index (χ2v) is 19.3. The molecule has 4 nitrogen and oxygen atoms in total. The summed E-state index contributed by atoms with van der Waals surface area (Å²) in [6.07, 6.45) is 3.63. The number of furan rings is 2. The summed E-state index contributed by atoms with van der Waals surface area (Å²) in [7, 11) is 0. The maximum Gasteiger partial charge on any atom is 0.252 e. The highest BCUT2D eigenvalue weighted by molar-refractivity contribution is 7.26. The molecule has 13 aromatic rings. The van der Waals surface area contributed by atoms with Gasteiger partial charge < -0.3 is 18.6 Å². The molecule has 0 N–H and O–H groups in total. The van der Waals surface area contributed by atoms with Gasteiger partial charge >= 0.3 is 0 Å². The number of anilines is 6. The predicted molar refractivity (Wildman–Crippen MR) is 277 cm³/mol. The second kappa shape index (κ2) is 13.3. The molecule has 0 saturated heterocycles. The van der Waals surface area contributed by atoms with E-state index in [0.717, 1.165) is 66.9 Å². The SMILES string of the molecule is c1ccc(-c2c(N3c4cc5sc6ccccc6c5cc4B4c5cc6c(cc5N(c5ccc7ccoc7c5-c5ccccc5)c5cccc3c54)sc3ccccc36)ccc3ccoc23)cc1. The van der Waals surface area contributed by atoms with E-state index in [-0.39, 0.29) is 6.71 Å². The molecule has 0 spiro atoms. The van der Waals surface area contributed by atoms with E-state index in [2.05, 4.69) is 198 Å². The highest BCUT2D eigenvalue weighted by Gasteiger charge is 2.45. The van der Waals surface area contributed by atoms with Crippen LogP contribution in [0.15, 0.2) is 209 Å². The van der Waals surface area contributed by atoms with Crippen molar-refractivity contribution < 1.29 is 8.83 Å². The Morgan fingerprint density at radius 2 is 0.815 bits per heavy atom.